The van der Waals surface area contributed by atoms with Crippen LogP contribution < -0.4 is 10.4 Å². The van der Waals surface area contributed by atoms with Gasteiger partial charge in [0.25, 0.3) is 0 Å². The predicted molar refractivity (Wildman–Crippen MR) is 98.5 cm³/mol. The Morgan fingerprint density at radius 3 is 2.92 bits per heavy atom. The SMILES string of the molecule is [B]c1ccc(F)c2ccc(-c3nnc4c5c(cnn34)N(C)CCC5)nc12. The normalized spacial score (nSPS) is 14.2. The average molecular weight is 344 g/mol. The third-order valence-corrected chi connectivity index (χ3v) is 4.91. The molecular formula is C18H14BFN6. The second-order valence-corrected chi connectivity index (χ2v) is 6.52. The number of nitrogens with zero attached hydrogens (tertiary/aromatic N) is 6. The van der Waals surface area contributed by atoms with E-state index in [4.69, 9.17) is 7.85 Å². The largest absolute Gasteiger partial charge is 0.373 e. The van der Waals surface area contributed by atoms with E-state index < -0.39 is 0 Å². The molecule has 4 aromatic rings. The third kappa shape index (κ3) is 2.11. The maximum Gasteiger partial charge on any atom is 0.203 e. The zero-order chi connectivity index (χ0) is 17.8. The summed E-state index contributed by atoms with van der Waals surface area (Å²) in [7, 11) is 8.02. The topological polar surface area (TPSA) is 59.2 Å². The van der Waals surface area contributed by atoms with Gasteiger partial charge in [0.15, 0.2) is 5.65 Å². The van der Waals surface area contributed by atoms with Gasteiger partial charge in [0.05, 0.1) is 17.4 Å². The van der Waals surface area contributed by atoms with E-state index in [0.717, 1.165) is 36.3 Å². The maximum absolute atomic E-state index is 14.0. The molecule has 1 aromatic carbocycles. The van der Waals surface area contributed by atoms with Crippen LogP contribution >= 0.6 is 0 Å². The van der Waals surface area contributed by atoms with Crippen molar-refractivity contribution in [2.24, 2.45) is 0 Å². The highest BCUT2D eigenvalue weighted by Crippen LogP contribution is 2.29. The first-order chi connectivity index (χ1) is 12.6. The molecule has 1 aliphatic rings. The molecule has 0 bridgehead atoms. The quantitative estimate of drug-likeness (QED) is 0.492. The number of aromatic nitrogens is 5. The Morgan fingerprint density at radius 2 is 2.04 bits per heavy atom. The lowest BCUT2D eigenvalue weighted by molar-refractivity contribution is 0.640. The summed E-state index contributed by atoms with van der Waals surface area (Å²) in [6.45, 7) is 1.00. The Morgan fingerprint density at radius 1 is 1.15 bits per heavy atom. The molecule has 1 aliphatic heterocycles. The lowest BCUT2D eigenvalue weighted by Gasteiger charge is -2.26. The second-order valence-electron chi connectivity index (χ2n) is 6.52. The van der Waals surface area contributed by atoms with Crippen molar-refractivity contribution in [3.8, 4) is 11.5 Å². The standard InChI is InChI=1S/C18H14BFN6/c1-25-8-2-3-11-15(25)9-21-26-17(11)23-24-18(26)14-7-4-10-13(20)6-5-12(19)16(10)22-14/h4-7,9H,2-3,8H2,1H3. The summed E-state index contributed by atoms with van der Waals surface area (Å²) >= 11 is 0. The predicted octanol–water partition coefficient (Wildman–Crippen LogP) is 1.65. The third-order valence-electron chi connectivity index (χ3n) is 4.91. The van der Waals surface area contributed by atoms with Crippen molar-refractivity contribution >= 4 is 35.5 Å². The highest BCUT2D eigenvalue weighted by atomic mass is 19.1. The van der Waals surface area contributed by atoms with Crippen LogP contribution in [0.25, 0.3) is 28.1 Å². The fourth-order valence-corrected chi connectivity index (χ4v) is 3.55. The number of anilines is 1. The number of rotatable bonds is 1. The zero-order valence-electron chi connectivity index (χ0n) is 14.1. The number of hydrogen-bond donors (Lipinski definition) is 0. The summed E-state index contributed by atoms with van der Waals surface area (Å²) in [5, 5.41) is 13.5. The molecule has 6 nitrogen and oxygen atoms in total. The minimum Gasteiger partial charge on any atom is -0.373 e. The number of fused-ring (bicyclic) bond motifs is 4. The van der Waals surface area contributed by atoms with Crippen molar-refractivity contribution in [3.05, 3.63) is 41.8 Å². The molecule has 0 unspecified atom stereocenters. The van der Waals surface area contributed by atoms with E-state index in [1.807, 2.05) is 6.20 Å². The minimum atomic E-state index is -0.352. The summed E-state index contributed by atoms with van der Waals surface area (Å²) in [6, 6.07) is 6.24. The molecule has 0 saturated carbocycles. The molecule has 3 aromatic heterocycles. The molecule has 2 radical (unpaired) electrons. The van der Waals surface area contributed by atoms with Crippen LogP contribution in [0.2, 0.25) is 0 Å². The Balaban J connectivity index is 1.73. The molecule has 0 aliphatic carbocycles. The van der Waals surface area contributed by atoms with Gasteiger partial charge in [-0.1, -0.05) is 11.5 Å². The fourth-order valence-electron chi connectivity index (χ4n) is 3.55. The Labute approximate surface area is 150 Å². The van der Waals surface area contributed by atoms with E-state index in [9.17, 15) is 4.39 Å². The van der Waals surface area contributed by atoms with Gasteiger partial charge in [-0.15, -0.1) is 10.2 Å². The van der Waals surface area contributed by atoms with Crippen molar-refractivity contribution in [3.63, 3.8) is 0 Å². The van der Waals surface area contributed by atoms with Gasteiger partial charge < -0.3 is 4.90 Å². The summed E-state index contributed by atoms with van der Waals surface area (Å²) in [6.07, 6.45) is 3.84. The first kappa shape index (κ1) is 15.2. The average Bonchev–Trinajstić information content (AvgIpc) is 3.09. The minimum absolute atomic E-state index is 0.352. The monoisotopic (exact) mass is 344 g/mol. The molecule has 0 fully saturated rings. The van der Waals surface area contributed by atoms with Crippen LogP contribution in [0.4, 0.5) is 10.1 Å². The lowest BCUT2D eigenvalue weighted by Crippen LogP contribution is -2.25. The number of pyridine rings is 1. The Kier molecular flexibility index (Phi) is 3.22. The highest BCUT2D eigenvalue weighted by Gasteiger charge is 2.21. The molecule has 5 rings (SSSR count). The van der Waals surface area contributed by atoms with Crippen molar-refractivity contribution in [1.29, 1.82) is 0 Å². The van der Waals surface area contributed by atoms with Gasteiger partial charge >= 0.3 is 0 Å². The number of halogens is 1. The molecule has 8 heteroatoms. The molecule has 0 saturated heterocycles. The molecule has 0 N–H and O–H groups in total. The molecule has 0 atom stereocenters. The Hall–Kier alpha value is -3.03. The van der Waals surface area contributed by atoms with Gasteiger partial charge in [0.2, 0.25) is 5.82 Å². The van der Waals surface area contributed by atoms with Crippen molar-refractivity contribution in [2.45, 2.75) is 12.8 Å². The van der Waals surface area contributed by atoms with E-state index in [1.54, 1.807) is 16.6 Å². The van der Waals surface area contributed by atoms with E-state index in [1.165, 1.54) is 12.1 Å². The lowest BCUT2D eigenvalue weighted by atomic mass is 9.93. The first-order valence-electron chi connectivity index (χ1n) is 8.43. The number of hydrogen-bond acceptors (Lipinski definition) is 5. The number of benzene rings is 1. The fraction of sp³-hybridized carbons (Fsp3) is 0.222. The van der Waals surface area contributed by atoms with Crippen LogP contribution in [0, 0.1) is 5.82 Å². The van der Waals surface area contributed by atoms with Gasteiger partial charge in [-0.2, -0.15) is 9.61 Å². The molecule has 126 valence electrons. The molecule has 26 heavy (non-hydrogen) atoms. The zero-order valence-corrected chi connectivity index (χ0v) is 14.1. The van der Waals surface area contributed by atoms with Crippen LogP contribution in [0.3, 0.4) is 0 Å². The van der Waals surface area contributed by atoms with Gasteiger partial charge in [-0.25, -0.2) is 9.37 Å². The maximum atomic E-state index is 14.0. The summed E-state index contributed by atoms with van der Waals surface area (Å²) < 4.78 is 15.7. The van der Waals surface area contributed by atoms with Gasteiger partial charge in [0.1, 0.15) is 19.4 Å². The highest BCUT2D eigenvalue weighted by molar-refractivity contribution is 6.38. The van der Waals surface area contributed by atoms with E-state index in [0.29, 0.717) is 27.9 Å². The number of aryl methyl sites for hydroxylation is 1. The van der Waals surface area contributed by atoms with Crippen LogP contribution in [-0.4, -0.2) is 46.2 Å². The van der Waals surface area contributed by atoms with E-state index in [-0.39, 0.29) is 5.82 Å². The van der Waals surface area contributed by atoms with Crippen LogP contribution in [-0.2, 0) is 6.42 Å². The van der Waals surface area contributed by atoms with Crippen molar-refractivity contribution in [1.82, 2.24) is 24.8 Å². The molecular weight excluding hydrogens is 330 g/mol. The summed E-state index contributed by atoms with van der Waals surface area (Å²) in [4.78, 5) is 6.69. The van der Waals surface area contributed by atoms with Crippen LogP contribution in [0.5, 0.6) is 0 Å². The summed E-state index contributed by atoms with van der Waals surface area (Å²) in [5.41, 5.74) is 4.34. The van der Waals surface area contributed by atoms with Gasteiger partial charge in [0, 0.05) is 24.5 Å². The van der Waals surface area contributed by atoms with Crippen LogP contribution in [0.1, 0.15) is 12.0 Å². The molecule has 0 spiro atoms. The smallest absolute Gasteiger partial charge is 0.203 e. The molecule has 0 amide bonds. The van der Waals surface area contributed by atoms with E-state index in [2.05, 4.69) is 32.2 Å². The van der Waals surface area contributed by atoms with Gasteiger partial charge in [-0.3, -0.25) is 0 Å². The first-order valence-corrected chi connectivity index (χ1v) is 8.43. The second kappa shape index (κ2) is 5.49. The summed E-state index contributed by atoms with van der Waals surface area (Å²) in [5.74, 6) is 0.163. The molecule has 4 heterocycles. The Bertz CT molecular complexity index is 1170. The van der Waals surface area contributed by atoms with Crippen LogP contribution in [0.15, 0.2) is 30.5 Å². The van der Waals surface area contributed by atoms with Crippen molar-refractivity contribution in [2.75, 3.05) is 18.5 Å². The van der Waals surface area contributed by atoms with E-state index >= 15 is 0 Å². The van der Waals surface area contributed by atoms with Crippen molar-refractivity contribution < 1.29 is 4.39 Å². The van der Waals surface area contributed by atoms with Gasteiger partial charge in [-0.05, 0) is 31.0 Å².